The van der Waals surface area contributed by atoms with Crippen molar-refractivity contribution in [1.29, 1.82) is 0 Å². The molecule has 0 spiro atoms. The first kappa shape index (κ1) is 14.6. The van der Waals surface area contributed by atoms with Crippen molar-refractivity contribution in [2.45, 2.75) is 6.61 Å². The van der Waals surface area contributed by atoms with Crippen molar-refractivity contribution in [3.8, 4) is 11.4 Å². The molecule has 0 radical (unpaired) electrons. The van der Waals surface area contributed by atoms with E-state index < -0.39 is 0 Å². The number of morpholine rings is 1. The standard InChI is InChI=1S/C14H16N4O4/c19-13(18-5-7-20-8-6-18)10-21-9-12-16-14(17-22-12)11-1-3-15-4-2-11/h1-4H,5-10H2. The lowest BCUT2D eigenvalue weighted by molar-refractivity contribution is -0.140. The van der Waals surface area contributed by atoms with Crippen molar-refractivity contribution < 1.29 is 18.8 Å². The second kappa shape index (κ2) is 7.10. The van der Waals surface area contributed by atoms with Crippen molar-refractivity contribution in [3.63, 3.8) is 0 Å². The first-order valence-corrected chi connectivity index (χ1v) is 6.99. The van der Waals surface area contributed by atoms with Crippen molar-refractivity contribution >= 4 is 5.91 Å². The summed E-state index contributed by atoms with van der Waals surface area (Å²) < 4.78 is 15.6. The van der Waals surface area contributed by atoms with Crippen LogP contribution in [0.3, 0.4) is 0 Å². The van der Waals surface area contributed by atoms with Gasteiger partial charge in [-0.15, -0.1) is 0 Å². The number of amides is 1. The Balaban J connectivity index is 1.48. The topological polar surface area (TPSA) is 90.6 Å². The van der Waals surface area contributed by atoms with Crippen molar-refractivity contribution in [3.05, 3.63) is 30.4 Å². The van der Waals surface area contributed by atoms with Gasteiger partial charge in [0.1, 0.15) is 13.2 Å². The molecular formula is C14H16N4O4. The van der Waals surface area contributed by atoms with Crippen LogP contribution in [0, 0.1) is 0 Å². The minimum absolute atomic E-state index is 0.00697. The minimum atomic E-state index is -0.0582. The molecule has 0 bridgehead atoms. The van der Waals surface area contributed by atoms with Crippen LogP contribution in [0.4, 0.5) is 0 Å². The molecule has 2 aromatic rings. The maximum atomic E-state index is 11.9. The summed E-state index contributed by atoms with van der Waals surface area (Å²) in [6.07, 6.45) is 3.31. The van der Waals surface area contributed by atoms with E-state index >= 15 is 0 Å². The number of carbonyl (C=O) groups is 1. The highest BCUT2D eigenvalue weighted by atomic mass is 16.5. The molecule has 0 atom stereocenters. The van der Waals surface area contributed by atoms with Gasteiger partial charge in [-0.05, 0) is 12.1 Å². The van der Waals surface area contributed by atoms with Gasteiger partial charge in [-0.25, -0.2) is 0 Å². The molecule has 8 nitrogen and oxygen atoms in total. The van der Waals surface area contributed by atoms with E-state index in [0.717, 1.165) is 5.56 Å². The molecule has 1 aliphatic rings. The third kappa shape index (κ3) is 3.66. The van der Waals surface area contributed by atoms with E-state index in [-0.39, 0.29) is 19.1 Å². The lowest BCUT2D eigenvalue weighted by atomic mass is 10.2. The fourth-order valence-corrected chi connectivity index (χ4v) is 2.06. The molecule has 1 aliphatic heterocycles. The average molecular weight is 304 g/mol. The molecule has 116 valence electrons. The lowest BCUT2D eigenvalue weighted by Gasteiger charge is -2.26. The van der Waals surface area contributed by atoms with E-state index in [1.807, 2.05) is 0 Å². The van der Waals surface area contributed by atoms with Gasteiger partial charge >= 0.3 is 0 Å². The zero-order valence-corrected chi connectivity index (χ0v) is 12.0. The van der Waals surface area contributed by atoms with Gasteiger partial charge in [0.25, 0.3) is 5.89 Å². The molecular weight excluding hydrogens is 288 g/mol. The smallest absolute Gasteiger partial charge is 0.252 e. The fraction of sp³-hybridized carbons (Fsp3) is 0.429. The van der Waals surface area contributed by atoms with Crippen molar-refractivity contribution in [2.75, 3.05) is 32.9 Å². The Morgan fingerprint density at radius 3 is 2.82 bits per heavy atom. The number of hydrogen-bond donors (Lipinski definition) is 0. The van der Waals surface area contributed by atoms with Crippen LogP contribution in [0.5, 0.6) is 0 Å². The molecule has 22 heavy (non-hydrogen) atoms. The van der Waals surface area contributed by atoms with Gasteiger partial charge < -0.3 is 18.9 Å². The Kier molecular flexibility index (Phi) is 4.71. The van der Waals surface area contributed by atoms with Gasteiger partial charge in [-0.2, -0.15) is 4.98 Å². The SMILES string of the molecule is O=C(COCc1nc(-c2ccncc2)no1)N1CCOCC1. The summed E-state index contributed by atoms with van der Waals surface area (Å²) in [5.41, 5.74) is 0.814. The second-order valence-corrected chi connectivity index (χ2v) is 4.73. The molecule has 2 aromatic heterocycles. The lowest BCUT2D eigenvalue weighted by Crippen LogP contribution is -2.42. The zero-order chi connectivity index (χ0) is 15.2. The Morgan fingerprint density at radius 2 is 2.05 bits per heavy atom. The van der Waals surface area contributed by atoms with Crippen LogP contribution in [0.15, 0.2) is 29.0 Å². The van der Waals surface area contributed by atoms with E-state index in [2.05, 4.69) is 15.1 Å². The van der Waals surface area contributed by atoms with Crippen LogP contribution in [0.2, 0.25) is 0 Å². The summed E-state index contributed by atoms with van der Waals surface area (Å²) in [7, 11) is 0. The maximum absolute atomic E-state index is 11.9. The van der Waals surface area contributed by atoms with Crippen molar-refractivity contribution in [2.24, 2.45) is 0 Å². The first-order valence-electron chi connectivity index (χ1n) is 6.99. The third-order valence-electron chi connectivity index (χ3n) is 3.22. The number of rotatable bonds is 5. The number of carbonyl (C=O) groups excluding carboxylic acids is 1. The summed E-state index contributed by atoms with van der Waals surface area (Å²) in [6.45, 7) is 2.46. The molecule has 1 saturated heterocycles. The van der Waals surface area contributed by atoms with Crippen LogP contribution in [0.25, 0.3) is 11.4 Å². The first-order chi connectivity index (χ1) is 10.8. The number of ether oxygens (including phenoxy) is 2. The van der Waals surface area contributed by atoms with Crippen LogP contribution in [-0.2, 0) is 20.9 Å². The van der Waals surface area contributed by atoms with Crippen LogP contribution in [0.1, 0.15) is 5.89 Å². The highest BCUT2D eigenvalue weighted by Gasteiger charge is 2.17. The van der Waals surface area contributed by atoms with Gasteiger partial charge in [0, 0.05) is 31.0 Å². The van der Waals surface area contributed by atoms with E-state index in [0.29, 0.717) is 38.0 Å². The summed E-state index contributed by atoms with van der Waals surface area (Å²) >= 11 is 0. The van der Waals surface area contributed by atoms with Crippen LogP contribution < -0.4 is 0 Å². The van der Waals surface area contributed by atoms with Crippen LogP contribution >= 0.6 is 0 Å². The maximum Gasteiger partial charge on any atom is 0.252 e. The molecule has 1 fully saturated rings. The highest BCUT2D eigenvalue weighted by molar-refractivity contribution is 5.77. The van der Waals surface area contributed by atoms with Gasteiger partial charge in [0.2, 0.25) is 11.7 Å². The summed E-state index contributed by atoms with van der Waals surface area (Å²) in [5, 5.41) is 3.87. The predicted octanol–water partition coefficient (Wildman–Crippen LogP) is 0.507. The minimum Gasteiger partial charge on any atom is -0.378 e. The molecule has 3 rings (SSSR count). The summed E-state index contributed by atoms with van der Waals surface area (Å²) in [5.74, 6) is 0.749. The number of hydrogen-bond acceptors (Lipinski definition) is 7. The molecule has 0 unspecified atom stereocenters. The van der Waals surface area contributed by atoms with Gasteiger partial charge in [-0.1, -0.05) is 5.16 Å². The Bertz CT molecular complexity index is 610. The second-order valence-electron chi connectivity index (χ2n) is 4.73. The molecule has 0 aromatic carbocycles. The van der Waals surface area contributed by atoms with E-state index in [4.69, 9.17) is 14.0 Å². The van der Waals surface area contributed by atoms with Gasteiger partial charge in [-0.3, -0.25) is 9.78 Å². The predicted molar refractivity (Wildman–Crippen MR) is 74.6 cm³/mol. The van der Waals surface area contributed by atoms with E-state index in [1.54, 1.807) is 29.4 Å². The summed E-state index contributed by atoms with van der Waals surface area (Å²) in [4.78, 5) is 21.8. The third-order valence-corrected chi connectivity index (χ3v) is 3.22. The van der Waals surface area contributed by atoms with E-state index in [9.17, 15) is 4.79 Å². The zero-order valence-electron chi connectivity index (χ0n) is 12.0. The Morgan fingerprint density at radius 1 is 1.27 bits per heavy atom. The molecule has 3 heterocycles. The quantitative estimate of drug-likeness (QED) is 0.794. The molecule has 0 N–H and O–H groups in total. The van der Waals surface area contributed by atoms with E-state index in [1.165, 1.54) is 0 Å². The molecule has 0 saturated carbocycles. The normalized spacial score (nSPS) is 15.0. The Labute approximate surface area is 127 Å². The van der Waals surface area contributed by atoms with Crippen LogP contribution in [-0.4, -0.2) is 58.8 Å². The average Bonchev–Trinajstić information content (AvgIpc) is 3.05. The largest absolute Gasteiger partial charge is 0.378 e. The number of nitrogens with zero attached hydrogens (tertiary/aromatic N) is 4. The molecule has 8 heteroatoms. The highest BCUT2D eigenvalue weighted by Crippen LogP contribution is 2.14. The molecule has 0 aliphatic carbocycles. The monoisotopic (exact) mass is 304 g/mol. The summed E-state index contributed by atoms with van der Waals surface area (Å²) in [6, 6.07) is 3.58. The van der Waals surface area contributed by atoms with Gasteiger partial charge in [0.15, 0.2) is 0 Å². The van der Waals surface area contributed by atoms with Gasteiger partial charge in [0.05, 0.1) is 13.2 Å². The molecule has 1 amide bonds. The fourth-order valence-electron chi connectivity index (χ4n) is 2.06. The number of pyridine rings is 1. The Hall–Kier alpha value is -2.32. The van der Waals surface area contributed by atoms with Crippen molar-refractivity contribution in [1.82, 2.24) is 20.0 Å². The number of aromatic nitrogens is 3.